The van der Waals surface area contributed by atoms with E-state index < -0.39 is 0 Å². The fraction of sp³-hybridized carbons (Fsp3) is 0.231. The molecule has 4 nitrogen and oxygen atoms in total. The first-order chi connectivity index (χ1) is 8.38. The van der Waals surface area contributed by atoms with Crippen molar-refractivity contribution in [2.75, 3.05) is 0 Å². The van der Waals surface area contributed by atoms with Gasteiger partial charge >= 0.3 is 0 Å². The van der Waals surface area contributed by atoms with Gasteiger partial charge in [0.05, 0.1) is 12.3 Å². The highest BCUT2D eigenvalue weighted by molar-refractivity contribution is 5.22. The number of rotatable bonds is 5. The van der Waals surface area contributed by atoms with Gasteiger partial charge in [0, 0.05) is 31.7 Å². The summed E-state index contributed by atoms with van der Waals surface area (Å²) in [5.41, 5.74) is 3.01. The SMILES string of the molecule is OCc1cccc(CNCc2cnccn2)c1. The summed E-state index contributed by atoms with van der Waals surface area (Å²) < 4.78 is 0. The number of aliphatic hydroxyl groups is 1. The minimum absolute atomic E-state index is 0.0814. The molecule has 0 saturated carbocycles. The Morgan fingerprint density at radius 2 is 2.00 bits per heavy atom. The van der Waals surface area contributed by atoms with Crippen molar-refractivity contribution in [1.82, 2.24) is 15.3 Å². The molecule has 88 valence electrons. The number of hydrogen-bond acceptors (Lipinski definition) is 4. The van der Waals surface area contributed by atoms with Crippen molar-refractivity contribution in [3.05, 3.63) is 59.7 Å². The lowest BCUT2D eigenvalue weighted by Crippen LogP contribution is -2.13. The summed E-state index contributed by atoms with van der Waals surface area (Å²) in [6.45, 7) is 1.53. The molecule has 2 N–H and O–H groups in total. The molecule has 2 rings (SSSR count). The summed E-state index contributed by atoms with van der Waals surface area (Å²) in [5.74, 6) is 0. The first-order valence-corrected chi connectivity index (χ1v) is 5.53. The molecule has 0 aliphatic rings. The number of nitrogens with zero attached hydrogens (tertiary/aromatic N) is 2. The van der Waals surface area contributed by atoms with E-state index in [0.29, 0.717) is 6.54 Å². The highest BCUT2D eigenvalue weighted by Gasteiger charge is 1.96. The molecule has 0 radical (unpaired) electrons. The lowest BCUT2D eigenvalue weighted by atomic mass is 10.1. The molecule has 4 heteroatoms. The van der Waals surface area contributed by atoms with Crippen molar-refractivity contribution in [2.45, 2.75) is 19.7 Å². The molecule has 1 aromatic heterocycles. The van der Waals surface area contributed by atoms with Gasteiger partial charge in [0.15, 0.2) is 0 Å². The van der Waals surface area contributed by atoms with Crippen LogP contribution in [0.3, 0.4) is 0 Å². The zero-order valence-corrected chi connectivity index (χ0v) is 9.50. The van der Waals surface area contributed by atoms with E-state index in [0.717, 1.165) is 23.4 Å². The molecule has 0 unspecified atom stereocenters. The van der Waals surface area contributed by atoms with Crippen molar-refractivity contribution >= 4 is 0 Å². The van der Waals surface area contributed by atoms with E-state index >= 15 is 0 Å². The van der Waals surface area contributed by atoms with Crippen LogP contribution in [-0.4, -0.2) is 15.1 Å². The van der Waals surface area contributed by atoms with E-state index in [-0.39, 0.29) is 6.61 Å². The van der Waals surface area contributed by atoms with Crippen molar-refractivity contribution in [2.24, 2.45) is 0 Å². The third-order valence-corrected chi connectivity index (χ3v) is 2.43. The molecular formula is C13H15N3O. The van der Waals surface area contributed by atoms with E-state index in [2.05, 4.69) is 15.3 Å². The van der Waals surface area contributed by atoms with Gasteiger partial charge in [-0.25, -0.2) is 0 Å². The van der Waals surface area contributed by atoms with Crippen molar-refractivity contribution in [1.29, 1.82) is 0 Å². The second-order valence-electron chi connectivity index (χ2n) is 3.78. The minimum Gasteiger partial charge on any atom is -0.392 e. The van der Waals surface area contributed by atoms with E-state index in [9.17, 15) is 0 Å². The largest absolute Gasteiger partial charge is 0.392 e. The maximum atomic E-state index is 9.03. The molecule has 1 aromatic carbocycles. The van der Waals surface area contributed by atoms with Gasteiger partial charge in [-0.2, -0.15) is 0 Å². The van der Waals surface area contributed by atoms with Crippen LogP contribution < -0.4 is 5.32 Å². The Kier molecular flexibility index (Phi) is 4.18. The van der Waals surface area contributed by atoms with E-state index in [1.54, 1.807) is 18.6 Å². The van der Waals surface area contributed by atoms with Crippen LogP contribution in [0, 0.1) is 0 Å². The molecule has 1 heterocycles. The van der Waals surface area contributed by atoms with Gasteiger partial charge in [-0.3, -0.25) is 9.97 Å². The van der Waals surface area contributed by atoms with E-state index in [4.69, 9.17) is 5.11 Å². The quantitative estimate of drug-likeness (QED) is 0.810. The monoisotopic (exact) mass is 229 g/mol. The molecule has 0 bridgehead atoms. The average molecular weight is 229 g/mol. The maximum Gasteiger partial charge on any atom is 0.0724 e. The zero-order chi connectivity index (χ0) is 11.9. The highest BCUT2D eigenvalue weighted by Crippen LogP contribution is 2.05. The van der Waals surface area contributed by atoms with Gasteiger partial charge in [-0.05, 0) is 11.1 Å². The molecule has 17 heavy (non-hydrogen) atoms. The number of aromatic nitrogens is 2. The summed E-state index contributed by atoms with van der Waals surface area (Å²) in [5, 5.41) is 12.3. The van der Waals surface area contributed by atoms with Crippen molar-refractivity contribution < 1.29 is 5.11 Å². The Hall–Kier alpha value is -1.78. The molecule has 0 amide bonds. The molecule has 0 spiro atoms. The van der Waals surface area contributed by atoms with Crippen LogP contribution in [-0.2, 0) is 19.7 Å². The minimum atomic E-state index is 0.0814. The predicted molar refractivity (Wildman–Crippen MR) is 64.9 cm³/mol. The molecule has 0 saturated heterocycles. The number of hydrogen-bond donors (Lipinski definition) is 2. The summed E-state index contributed by atoms with van der Waals surface area (Å²) in [6, 6.07) is 7.88. The van der Waals surface area contributed by atoms with Crippen LogP contribution in [0.5, 0.6) is 0 Å². The van der Waals surface area contributed by atoms with Crippen LogP contribution in [0.1, 0.15) is 16.8 Å². The molecule has 2 aromatic rings. The van der Waals surface area contributed by atoms with Crippen LogP contribution in [0.25, 0.3) is 0 Å². The van der Waals surface area contributed by atoms with Crippen LogP contribution in [0.4, 0.5) is 0 Å². The molecule has 0 aliphatic carbocycles. The number of benzene rings is 1. The summed E-state index contributed by atoms with van der Waals surface area (Å²) in [4.78, 5) is 8.18. The third kappa shape index (κ3) is 3.62. The summed E-state index contributed by atoms with van der Waals surface area (Å²) in [7, 11) is 0. The zero-order valence-electron chi connectivity index (χ0n) is 9.50. The average Bonchev–Trinajstić information content (AvgIpc) is 2.40. The smallest absolute Gasteiger partial charge is 0.0724 e. The standard InChI is InChI=1S/C13H15N3O/c17-10-12-3-1-2-11(6-12)7-15-9-13-8-14-4-5-16-13/h1-6,8,15,17H,7,9-10H2. The van der Waals surface area contributed by atoms with Gasteiger partial charge < -0.3 is 10.4 Å². The number of aliphatic hydroxyl groups excluding tert-OH is 1. The lowest BCUT2D eigenvalue weighted by molar-refractivity contribution is 0.281. The van der Waals surface area contributed by atoms with Crippen molar-refractivity contribution in [3.8, 4) is 0 Å². The fourth-order valence-electron chi connectivity index (χ4n) is 1.59. The van der Waals surface area contributed by atoms with E-state index in [1.807, 2.05) is 24.3 Å². The summed E-state index contributed by atoms with van der Waals surface area (Å²) >= 11 is 0. The predicted octanol–water partition coefficient (Wildman–Crippen LogP) is 1.26. The van der Waals surface area contributed by atoms with Crippen molar-refractivity contribution in [3.63, 3.8) is 0 Å². The van der Waals surface area contributed by atoms with Crippen LogP contribution >= 0.6 is 0 Å². The Morgan fingerprint density at radius 1 is 1.12 bits per heavy atom. The highest BCUT2D eigenvalue weighted by atomic mass is 16.3. The normalized spacial score (nSPS) is 10.4. The first-order valence-electron chi connectivity index (χ1n) is 5.53. The second kappa shape index (κ2) is 6.08. The topological polar surface area (TPSA) is 58.0 Å². The Bertz CT molecular complexity index is 459. The lowest BCUT2D eigenvalue weighted by Gasteiger charge is -2.05. The number of nitrogens with one attached hydrogen (secondary N) is 1. The molecule has 0 aliphatic heterocycles. The van der Waals surface area contributed by atoms with Gasteiger partial charge in [0.1, 0.15) is 0 Å². The third-order valence-electron chi connectivity index (χ3n) is 2.43. The van der Waals surface area contributed by atoms with Gasteiger partial charge in [0.25, 0.3) is 0 Å². The second-order valence-corrected chi connectivity index (χ2v) is 3.78. The summed E-state index contributed by atoms with van der Waals surface area (Å²) in [6.07, 6.45) is 5.09. The first kappa shape index (κ1) is 11.7. The van der Waals surface area contributed by atoms with E-state index in [1.165, 1.54) is 0 Å². The molecule has 0 atom stereocenters. The van der Waals surface area contributed by atoms with Crippen LogP contribution in [0.15, 0.2) is 42.9 Å². The van der Waals surface area contributed by atoms with Crippen LogP contribution in [0.2, 0.25) is 0 Å². The Labute approximate surface area is 100 Å². The Balaban J connectivity index is 1.86. The fourth-order valence-corrected chi connectivity index (χ4v) is 1.59. The Morgan fingerprint density at radius 3 is 2.76 bits per heavy atom. The molecule has 0 fully saturated rings. The van der Waals surface area contributed by atoms with Gasteiger partial charge in [0.2, 0.25) is 0 Å². The van der Waals surface area contributed by atoms with Gasteiger partial charge in [-0.15, -0.1) is 0 Å². The van der Waals surface area contributed by atoms with Gasteiger partial charge in [-0.1, -0.05) is 24.3 Å². The molecular weight excluding hydrogens is 214 g/mol. The maximum absolute atomic E-state index is 9.03.